The number of hydrogen-bond donors (Lipinski definition) is 1. The van der Waals surface area contributed by atoms with E-state index in [1.165, 1.54) is 29.8 Å². The summed E-state index contributed by atoms with van der Waals surface area (Å²) in [6, 6.07) is 1.92. The molecule has 2 amide bonds. The first kappa shape index (κ1) is 17.6. The third-order valence-electron chi connectivity index (χ3n) is 6.19. The summed E-state index contributed by atoms with van der Waals surface area (Å²) in [5, 5.41) is 5.15. The van der Waals surface area contributed by atoms with E-state index in [4.69, 9.17) is 4.74 Å². The first-order valence-electron chi connectivity index (χ1n) is 9.47. The largest absolute Gasteiger partial charge is 0.495 e. The second-order valence-corrected chi connectivity index (χ2v) is 8.70. The number of ether oxygens (including phenoxy) is 1. The molecule has 1 aromatic heterocycles. The summed E-state index contributed by atoms with van der Waals surface area (Å²) in [5.74, 6) is 1.27. The van der Waals surface area contributed by atoms with Gasteiger partial charge in [-0.1, -0.05) is 5.57 Å². The number of nitrogens with zero attached hydrogens (tertiary/aromatic N) is 1. The molecule has 1 aromatic rings. The first-order valence-corrected chi connectivity index (χ1v) is 10.3. The maximum atomic E-state index is 12.8. The van der Waals surface area contributed by atoms with E-state index >= 15 is 0 Å². The molecule has 0 aromatic carbocycles. The van der Waals surface area contributed by atoms with Gasteiger partial charge in [0.05, 0.1) is 18.7 Å². The smallest absolute Gasteiger partial charge is 0.265 e. The van der Waals surface area contributed by atoms with Crippen LogP contribution in [0.5, 0.6) is 5.75 Å². The molecule has 3 aliphatic rings. The van der Waals surface area contributed by atoms with E-state index in [9.17, 15) is 9.59 Å². The summed E-state index contributed by atoms with van der Waals surface area (Å²) in [5.41, 5.74) is 0.918. The van der Waals surface area contributed by atoms with Gasteiger partial charge in [-0.25, -0.2) is 0 Å². The Hall–Kier alpha value is -1.82. The second kappa shape index (κ2) is 6.72. The third kappa shape index (κ3) is 3.04. The van der Waals surface area contributed by atoms with Crippen LogP contribution in [0, 0.1) is 5.92 Å². The van der Waals surface area contributed by atoms with Gasteiger partial charge < -0.3 is 15.0 Å². The Morgan fingerprint density at radius 3 is 2.88 bits per heavy atom. The zero-order valence-electron chi connectivity index (χ0n) is 15.4. The van der Waals surface area contributed by atoms with Gasteiger partial charge in [0.15, 0.2) is 0 Å². The van der Waals surface area contributed by atoms with Gasteiger partial charge >= 0.3 is 0 Å². The van der Waals surface area contributed by atoms with Crippen molar-refractivity contribution in [2.45, 2.75) is 57.0 Å². The Kier molecular flexibility index (Phi) is 4.55. The number of nitrogens with one attached hydrogen (secondary N) is 1. The molecular weight excluding hydrogens is 348 g/mol. The first-order chi connectivity index (χ1) is 12.5. The molecule has 1 N–H and O–H groups in total. The molecule has 26 heavy (non-hydrogen) atoms. The maximum Gasteiger partial charge on any atom is 0.265 e. The van der Waals surface area contributed by atoms with Crippen molar-refractivity contribution in [3.05, 3.63) is 28.0 Å². The summed E-state index contributed by atoms with van der Waals surface area (Å²) in [6.07, 6.45) is 8.02. The molecule has 2 saturated carbocycles. The molecule has 0 radical (unpaired) electrons. The summed E-state index contributed by atoms with van der Waals surface area (Å²) >= 11 is 1.39. The molecular formula is C20H26N2O3S. The van der Waals surface area contributed by atoms with E-state index in [2.05, 4.69) is 12.2 Å². The van der Waals surface area contributed by atoms with Crippen molar-refractivity contribution < 1.29 is 14.3 Å². The van der Waals surface area contributed by atoms with Crippen LogP contribution < -0.4 is 10.1 Å². The van der Waals surface area contributed by atoms with E-state index in [0.717, 1.165) is 32.2 Å². The number of rotatable bonds is 5. The van der Waals surface area contributed by atoms with Gasteiger partial charge in [0, 0.05) is 12.6 Å². The Balaban J connectivity index is 1.50. The van der Waals surface area contributed by atoms with Crippen molar-refractivity contribution in [1.29, 1.82) is 0 Å². The van der Waals surface area contributed by atoms with Crippen LogP contribution >= 0.6 is 11.3 Å². The number of carbonyl (C=O) groups is 2. The minimum absolute atomic E-state index is 0.0808. The van der Waals surface area contributed by atoms with Crippen molar-refractivity contribution in [3.63, 3.8) is 0 Å². The van der Waals surface area contributed by atoms with Crippen LogP contribution in [0.15, 0.2) is 23.1 Å². The SMILES string of the molecule is COc1ccsc1C(=O)NC12CCCC1N(C(=O)C=C(C)C1CC1)CC2. The summed E-state index contributed by atoms with van der Waals surface area (Å²) in [4.78, 5) is 28.2. The Morgan fingerprint density at radius 1 is 1.35 bits per heavy atom. The van der Waals surface area contributed by atoms with Crippen LogP contribution in [-0.4, -0.2) is 41.9 Å². The zero-order chi connectivity index (χ0) is 18.3. The lowest BCUT2D eigenvalue weighted by molar-refractivity contribution is -0.127. The van der Waals surface area contributed by atoms with Gasteiger partial charge in [-0.2, -0.15) is 0 Å². The average molecular weight is 375 g/mol. The summed E-state index contributed by atoms with van der Waals surface area (Å²) < 4.78 is 5.29. The van der Waals surface area contributed by atoms with Crippen LogP contribution in [0.25, 0.3) is 0 Å². The number of hydrogen-bond acceptors (Lipinski definition) is 4. The molecule has 2 atom stereocenters. The van der Waals surface area contributed by atoms with Gasteiger partial charge in [-0.3, -0.25) is 9.59 Å². The van der Waals surface area contributed by atoms with Crippen LogP contribution in [0.2, 0.25) is 0 Å². The fourth-order valence-corrected chi connectivity index (χ4v) is 5.34. The average Bonchev–Trinajstić information content (AvgIpc) is 3.07. The Labute approximate surface area is 158 Å². The molecule has 0 bridgehead atoms. The molecule has 1 aliphatic heterocycles. The van der Waals surface area contributed by atoms with Crippen LogP contribution in [0.4, 0.5) is 0 Å². The monoisotopic (exact) mass is 374 g/mol. The fraction of sp³-hybridized carbons (Fsp3) is 0.600. The number of amides is 2. The van der Waals surface area contributed by atoms with Gasteiger partial charge in [-0.15, -0.1) is 11.3 Å². The van der Waals surface area contributed by atoms with Crippen LogP contribution in [0.3, 0.4) is 0 Å². The third-order valence-corrected chi connectivity index (χ3v) is 7.08. The minimum Gasteiger partial charge on any atom is -0.495 e. The molecule has 2 heterocycles. The van der Waals surface area contributed by atoms with Crippen molar-refractivity contribution in [1.82, 2.24) is 10.2 Å². The molecule has 140 valence electrons. The highest BCUT2D eigenvalue weighted by Gasteiger charge is 2.52. The van der Waals surface area contributed by atoms with Crippen molar-refractivity contribution >= 4 is 23.2 Å². The fourth-order valence-electron chi connectivity index (χ4n) is 4.59. The predicted molar refractivity (Wildman–Crippen MR) is 102 cm³/mol. The van der Waals surface area contributed by atoms with Crippen LogP contribution in [0.1, 0.15) is 55.1 Å². The molecule has 1 saturated heterocycles. The van der Waals surface area contributed by atoms with E-state index in [1.807, 2.05) is 22.4 Å². The number of methoxy groups -OCH3 is 1. The van der Waals surface area contributed by atoms with Gasteiger partial charge in [0.25, 0.3) is 5.91 Å². The molecule has 4 rings (SSSR count). The number of fused-ring (bicyclic) bond motifs is 1. The van der Waals surface area contributed by atoms with E-state index < -0.39 is 0 Å². The van der Waals surface area contributed by atoms with E-state index in [1.54, 1.807) is 7.11 Å². The van der Waals surface area contributed by atoms with Gasteiger partial charge in [-0.05, 0) is 62.8 Å². The molecule has 2 unspecified atom stereocenters. The predicted octanol–water partition coefficient (Wildman–Crippen LogP) is 3.37. The highest BCUT2D eigenvalue weighted by atomic mass is 32.1. The van der Waals surface area contributed by atoms with E-state index in [-0.39, 0.29) is 23.4 Å². The summed E-state index contributed by atoms with van der Waals surface area (Å²) in [7, 11) is 1.58. The van der Waals surface area contributed by atoms with Crippen molar-refractivity contribution in [2.75, 3.05) is 13.7 Å². The Bertz CT molecular complexity index is 752. The lowest BCUT2D eigenvalue weighted by Crippen LogP contribution is -2.54. The van der Waals surface area contributed by atoms with E-state index in [0.29, 0.717) is 16.5 Å². The minimum atomic E-state index is -0.289. The highest BCUT2D eigenvalue weighted by Crippen LogP contribution is 2.43. The molecule has 3 fully saturated rings. The van der Waals surface area contributed by atoms with Crippen molar-refractivity contribution in [3.8, 4) is 5.75 Å². The van der Waals surface area contributed by atoms with Crippen molar-refractivity contribution in [2.24, 2.45) is 5.92 Å². The second-order valence-electron chi connectivity index (χ2n) is 7.78. The number of carbonyl (C=O) groups excluding carboxylic acids is 2. The van der Waals surface area contributed by atoms with Gasteiger partial charge in [0.2, 0.25) is 5.91 Å². The quantitative estimate of drug-likeness (QED) is 0.804. The Morgan fingerprint density at radius 2 is 2.15 bits per heavy atom. The maximum absolute atomic E-state index is 12.8. The molecule has 5 nitrogen and oxygen atoms in total. The zero-order valence-corrected chi connectivity index (χ0v) is 16.2. The molecule has 6 heteroatoms. The molecule has 0 spiro atoms. The highest BCUT2D eigenvalue weighted by molar-refractivity contribution is 7.12. The lowest BCUT2D eigenvalue weighted by atomic mass is 9.92. The summed E-state index contributed by atoms with van der Waals surface area (Å²) in [6.45, 7) is 2.79. The van der Waals surface area contributed by atoms with Gasteiger partial charge in [0.1, 0.15) is 10.6 Å². The lowest BCUT2D eigenvalue weighted by Gasteiger charge is -2.33. The number of allylic oxidation sites excluding steroid dienone is 1. The molecule has 2 aliphatic carbocycles. The van der Waals surface area contributed by atoms with Crippen LogP contribution in [-0.2, 0) is 4.79 Å². The topological polar surface area (TPSA) is 58.6 Å². The number of thiophene rings is 1. The number of likely N-dealkylation sites (tertiary alicyclic amines) is 1. The normalized spacial score (nSPS) is 28.2. The standard InChI is InChI=1S/C20H26N2O3S/c1-13(14-5-6-14)12-17(23)22-10-9-20(8-3-4-16(20)22)21-19(24)18-15(25-2)7-11-26-18/h7,11-12,14,16H,3-6,8-10H2,1-2H3,(H,21,24).